The number of anilines is 1. The van der Waals surface area contributed by atoms with Crippen molar-refractivity contribution in [2.75, 3.05) is 18.4 Å². The molecule has 1 saturated heterocycles. The smallest absolute Gasteiger partial charge is 0.279 e. The molecule has 0 aliphatic carbocycles. The SMILES string of the molecule is Cn1cccc1[C@@H]1CCC[NH+]1CC(=O)Nc1ccccc1. The fourth-order valence-electron chi connectivity index (χ4n) is 3.25. The molecule has 1 unspecified atom stereocenters. The maximum Gasteiger partial charge on any atom is 0.279 e. The highest BCUT2D eigenvalue weighted by molar-refractivity contribution is 5.91. The van der Waals surface area contributed by atoms with Gasteiger partial charge < -0.3 is 14.8 Å². The Morgan fingerprint density at radius 2 is 2.10 bits per heavy atom. The molecule has 1 aliphatic rings. The zero-order valence-corrected chi connectivity index (χ0v) is 12.4. The molecule has 0 saturated carbocycles. The van der Waals surface area contributed by atoms with Crippen molar-refractivity contribution in [3.8, 4) is 0 Å². The largest absolute Gasteiger partial charge is 0.350 e. The summed E-state index contributed by atoms with van der Waals surface area (Å²) in [6, 6.07) is 14.4. The third-order valence-corrected chi connectivity index (χ3v) is 4.27. The molecule has 0 spiro atoms. The normalized spacial score (nSPS) is 21.4. The maximum atomic E-state index is 12.2. The highest BCUT2D eigenvalue weighted by Gasteiger charge is 2.32. The van der Waals surface area contributed by atoms with Crippen molar-refractivity contribution in [2.45, 2.75) is 18.9 Å². The summed E-state index contributed by atoms with van der Waals surface area (Å²) in [4.78, 5) is 13.6. The van der Waals surface area contributed by atoms with Crippen LogP contribution in [0.25, 0.3) is 0 Å². The molecule has 1 aliphatic heterocycles. The monoisotopic (exact) mass is 284 g/mol. The van der Waals surface area contributed by atoms with Crippen molar-refractivity contribution in [1.82, 2.24) is 4.57 Å². The minimum Gasteiger partial charge on any atom is -0.350 e. The van der Waals surface area contributed by atoms with Gasteiger partial charge in [-0.1, -0.05) is 18.2 Å². The predicted octanol–water partition coefficient (Wildman–Crippen LogP) is 1.38. The molecular weight excluding hydrogens is 262 g/mol. The minimum atomic E-state index is 0.0947. The van der Waals surface area contributed by atoms with E-state index in [-0.39, 0.29) is 5.91 Å². The van der Waals surface area contributed by atoms with Gasteiger partial charge in [0, 0.05) is 31.8 Å². The first-order valence-electron chi connectivity index (χ1n) is 7.55. The van der Waals surface area contributed by atoms with Crippen LogP contribution in [0.2, 0.25) is 0 Å². The summed E-state index contributed by atoms with van der Waals surface area (Å²) in [5.74, 6) is 0.0947. The predicted molar refractivity (Wildman–Crippen MR) is 83.2 cm³/mol. The van der Waals surface area contributed by atoms with Gasteiger partial charge in [-0.2, -0.15) is 0 Å². The van der Waals surface area contributed by atoms with Gasteiger partial charge in [-0.05, 0) is 24.3 Å². The summed E-state index contributed by atoms with van der Waals surface area (Å²) in [5, 5.41) is 2.98. The van der Waals surface area contributed by atoms with Gasteiger partial charge in [-0.3, -0.25) is 4.79 Å². The Bertz CT molecular complexity index is 606. The number of carbonyl (C=O) groups is 1. The zero-order valence-electron chi connectivity index (χ0n) is 12.4. The van der Waals surface area contributed by atoms with Crippen LogP contribution in [-0.2, 0) is 11.8 Å². The Morgan fingerprint density at radius 3 is 2.81 bits per heavy atom. The van der Waals surface area contributed by atoms with Crippen LogP contribution >= 0.6 is 0 Å². The van der Waals surface area contributed by atoms with Gasteiger partial charge in [0.25, 0.3) is 5.91 Å². The van der Waals surface area contributed by atoms with E-state index in [1.807, 2.05) is 30.3 Å². The van der Waals surface area contributed by atoms with Crippen molar-refractivity contribution >= 4 is 11.6 Å². The van der Waals surface area contributed by atoms with Crippen molar-refractivity contribution in [3.63, 3.8) is 0 Å². The Hall–Kier alpha value is -2.07. The number of carbonyl (C=O) groups excluding carboxylic acids is 1. The molecule has 2 aromatic rings. The van der Waals surface area contributed by atoms with Crippen molar-refractivity contribution in [2.24, 2.45) is 7.05 Å². The quantitative estimate of drug-likeness (QED) is 0.875. The van der Waals surface area contributed by atoms with Gasteiger partial charge in [0.15, 0.2) is 6.54 Å². The number of rotatable bonds is 4. The van der Waals surface area contributed by atoms with Crippen LogP contribution in [0.1, 0.15) is 24.6 Å². The van der Waals surface area contributed by atoms with E-state index < -0.39 is 0 Å². The van der Waals surface area contributed by atoms with Gasteiger partial charge in [0.05, 0.1) is 12.2 Å². The van der Waals surface area contributed by atoms with Crippen molar-refractivity contribution in [3.05, 3.63) is 54.4 Å². The van der Waals surface area contributed by atoms with Crippen LogP contribution in [-0.4, -0.2) is 23.6 Å². The van der Waals surface area contributed by atoms with E-state index in [0.717, 1.165) is 18.7 Å². The van der Waals surface area contributed by atoms with Gasteiger partial charge in [-0.25, -0.2) is 0 Å². The minimum absolute atomic E-state index is 0.0947. The summed E-state index contributed by atoms with van der Waals surface area (Å²) in [5.41, 5.74) is 2.20. The molecule has 2 heterocycles. The molecule has 4 heteroatoms. The van der Waals surface area contributed by atoms with Gasteiger partial charge in [0.1, 0.15) is 6.04 Å². The fourth-order valence-corrected chi connectivity index (χ4v) is 3.25. The summed E-state index contributed by atoms with van der Waals surface area (Å²) in [7, 11) is 2.08. The number of hydrogen-bond acceptors (Lipinski definition) is 1. The summed E-state index contributed by atoms with van der Waals surface area (Å²) < 4.78 is 2.17. The van der Waals surface area contributed by atoms with Crippen LogP contribution in [0, 0.1) is 0 Å². The third kappa shape index (κ3) is 3.16. The summed E-state index contributed by atoms with van der Waals surface area (Å²) >= 11 is 0. The number of amides is 1. The Kier molecular flexibility index (Phi) is 4.06. The number of likely N-dealkylation sites (tertiary alicyclic amines) is 1. The first-order valence-corrected chi connectivity index (χ1v) is 7.55. The first kappa shape index (κ1) is 13.9. The number of aryl methyl sites for hydroxylation is 1. The average molecular weight is 284 g/mol. The molecule has 2 N–H and O–H groups in total. The lowest BCUT2D eigenvalue weighted by Gasteiger charge is -2.21. The zero-order chi connectivity index (χ0) is 14.7. The van der Waals surface area contributed by atoms with E-state index in [0.29, 0.717) is 12.6 Å². The Balaban J connectivity index is 1.64. The number of quaternary nitrogens is 1. The van der Waals surface area contributed by atoms with Gasteiger partial charge in [-0.15, -0.1) is 0 Å². The molecule has 1 aromatic heterocycles. The molecule has 1 aromatic carbocycles. The highest BCUT2D eigenvalue weighted by Crippen LogP contribution is 2.18. The van der Waals surface area contributed by atoms with E-state index >= 15 is 0 Å². The number of hydrogen-bond donors (Lipinski definition) is 2. The van der Waals surface area contributed by atoms with Crippen molar-refractivity contribution < 1.29 is 9.69 Å². The molecule has 21 heavy (non-hydrogen) atoms. The maximum absolute atomic E-state index is 12.2. The molecule has 110 valence electrons. The fraction of sp³-hybridized carbons (Fsp3) is 0.353. The Morgan fingerprint density at radius 1 is 1.29 bits per heavy atom. The van der Waals surface area contributed by atoms with Crippen LogP contribution in [0.5, 0.6) is 0 Å². The lowest BCUT2D eigenvalue weighted by atomic mass is 10.1. The van der Waals surface area contributed by atoms with E-state index in [4.69, 9.17) is 0 Å². The molecule has 0 radical (unpaired) electrons. The molecule has 2 atom stereocenters. The van der Waals surface area contributed by atoms with E-state index in [1.54, 1.807) is 0 Å². The molecule has 1 amide bonds. The molecule has 4 nitrogen and oxygen atoms in total. The van der Waals surface area contributed by atoms with E-state index in [9.17, 15) is 4.79 Å². The number of nitrogens with one attached hydrogen (secondary N) is 2. The second-order valence-electron chi connectivity index (χ2n) is 5.74. The lowest BCUT2D eigenvalue weighted by molar-refractivity contribution is -0.910. The molecule has 3 rings (SSSR count). The first-order chi connectivity index (χ1) is 10.2. The van der Waals surface area contributed by atoms with Crippen molar-refractivity contribution in [1.29, 1.82) is 0 Å². The second-order valence-corrected chi connectivity index (χ2v) is 5.74. The Labute approximate surface area is 125 Å². The van der Waals surface area contributed by atoms with E-state index in [2.05, 4.69) is 35.3 Å². The summed E-state index contributed by atoms with van der Waals surface area (Å²) in [6.45, 7) is 1.60. The van der Waals surface area contributed by atoms with Crippen LogP contribution in [0.3, 0.4) is 0 Å². The third-order valence-electron chi connectivity index (χ3n) is 4.27. The average Bonchev–Trinajstić information content (AvgIpc) is 3.08. The van der Waals surface area contributed by atoms with E-state index in [1.165, 1.54) is 17.0 Å². The number of para-hydroxylation sites is 1. The number of benzene rings is 1. The van der Waals surface area contributed by atoms with Gasteiger partial charge >= 0.3 is 0 Å². The lowest BCUT2D eigenvalue weighted by Crippen LogP contribution is -3.11. The van der Waals surface area contributed by atoms with Crippen LogP contribution < -0.4 is 10.2 Å². The van der Waals surface area contributed by atoms with Crippen LogP contribution in [0.15, 0.2) is 48.7 Å². The van der Waals surface area contributed by atoms with Crippen LogP contribution in [0.4, 0.5) is 5.69 Å². The molecular formula is C17H22N3O+. The summed E-state index contributed by atoms with van der Waals surface area (Å²) in [6.07, 6.45) is 4.42. The standard InChI is InChI=1S/C17H21N3O/c1-19-11-5-9-15(19)16-10-6-12-20(16)13-17(21)18-14-7-3-2-4-8-14/h2-5,7-9,11,16H,6,10,12-13H2,1H3,(H,18,21)/p+1/t16-/m0/s1. The molecule has 1 fully saturated rings. The second kappa shape index (κ2) is 6.14. The topological polar surface area (TPSA) is 38.5 Å². The number of aromatic nitrogens is 1. The highest BCUT2D eigenvalue weighted by atomic mass is 16.2. The molecule has 0 bridgehead atoms. The van der Waals surface area contributed by atoms with Gasteiger partial charge in [0.2, 0.25) is 0 Å². The number of nitrogens with zero attached hydrogens (tertiary/aromatic N) is 1.